The van der Waals surface area contributed by atoms with Crippen LogP contribution in [0.4, 0.5) is 11.4 Å². The van der Waals surface area contributed by atoms with Crippen LogP contribution in [-0.4, -0.2) is 46.5 Å². The van der Waals surface area contributed by atoms with Gasteiger partial charge in [-0.3, -0.25) is 9.89 Å². The standard InChI is InChI=1S/C27H26N8O4/c1-15(2)39-26-23(27(37)34(31-26)20-12-11-16(3)17(4)13-20)30-35(38)22-10-6-9-21(24(22)36)18-7-5-8-19(14-18)25-28-32-33-29-25/h5-15,31,36H,1-4H3,(H,28,29,32,33). The molecule has 0 amide bonds. The van der Waals surface area contributed by atoms with Crippen LogP contribution in [-0.2, 0) is 0 Å². The molecule has 0 atom stereocenters. The van der Waals surface area contributed by atoms with Crippen molar-refractivity contribution in [3.8, 4) is 39.8 Å². The number of tetrazole rings is 1. The molecule has 2 heterocycles. The minimum atomic E-state index is -0.571. The number of ether oxygens (including phenoxy) is 1. The average molecular weight is 527 g/mol. The Morgan fingerprint density at radius 3 is 2.54 bits per heavy atom. The highest BCUT2D eigenvalue weighted by Gasteiger charge is 2.24. The van der Waals surface area contributed by atoms with Gasteiger partial charge in [0.1, 0.15) is 0 Å². The van der Waals surface area contributed by atoms with Crippen molar-refractivity contribution < 1.29 is 14.7 Å². The van der Waals surface area contributed by atoms with Crippen LogP contribution < -0.4 is 10.3 Å². The zero-order valence-electron chi connectivity index (χ0n) is 21.7. The molecule has 12 nitrogen and oxygen atoms in total. The molecule has 0 bridgehead atoms. The van der Waals surface area contributed by atoms with E-state index in [1.54, 1.807) is 56.3 Å². The number of para-hydroxylation sites is 1. The van der Waals surface area contributed by atoms with Gasteiger partial charge in [-0.25, -0.2) is 4.68 Å². The molecule has 12 heteroatoms. The van der Waals surface area contributed by atoms with E-state index in [4.69, 9.17) is 4.74 Å². The molecule has 0 saturated heterocycles. The summed E-state index contributed by atoms with van der Waals surface area (Å²) in [6, 6.07) is 17.3. The first-order valence-electron chi connectivity index (χ1n) is 12.2. The molecule has 3 N–H and O–H groups in total. The normalized spacial score (nSPS) is 11.8. The van der Waals surface area contributed by atoms with Crippen LogP contribution in [0.3, 0.4) is 0 Å². The second-order valence-corrected chi connectivity index (χ2v) is 9.23. The number of aromatic hydroxyl groups is 1. The first-order chi connectivity index (χ1) is 18.7. The molecule has 0 unspecified atom stereocenters. The predicted octanol–water partition coefficient (Wildman–Crippen LogP) is 5.05. The predicted molar refractivity (Wildman–Crippen MR) is 144 cm³/mol. The van der Waals surface area contributed by atoms with Crippen molar-refractivity contribution in [2.24, 2.45) is 5.11 Å². The van der Waals surface area contributed by atoms with Gasteiger partial charge >= 0.3 is 5.56 Å². The van der Waals surface area contributed by atoms with E-state index >= 15 is 0 Å². The Labute approximate surface area is 222 Å². The van der Waals surface area contributed by atoms with E-state index in [-0.39, 0.29) is 34.0 Å². The summed E-state index contributed by atoms with van der Waals surface area (Å²) < 4.78 is 7.05. The number of aryl methyl sites for hydroxylation is 2. The second-order valence-electron chi connectivity index (χ2n) is 9.23. The quantitative estimate of drug-likeness (QED) is 0.152. The van der Waals surface area contributed by atoms with E-state index < -0.39 is 5.56 Å². The molecule has 5 rings (SSSR count). The Morgan fingerprint density at radius 1 is 1.05 bits per heavy atom. The van der Waals surface area contributed by atoms with E-state index in [1.807, 2.05) is 26.0 Å². The topological polar surface area (TPSA) is 160 Å². The maximum atomic E-state index is 13.4. The molecule has 0 saturated carbocycles. The van der Waals surface area contributed by atoms with Crippen molar-refractivity contribution in [3.05, 3.63) is 87.4 Å². The first-order valence-corrected chi connectivity index (χ1v) is 12.2. The van der Waals surface area contributed by atoms with E-state index in [0.29, 0.717) is 28.2 Å². The number of rotatable bonds is 7. The number of H-pyrrole nitrogens is 2. The van der Waals surface area contributed by atoms with E-state index in [2.05, 4.69) is 30.8 Å². The van der Waals surface area contributed by atoms with Gasteiger partial charge in [-0.1, -0.05) is 36.4 Å². The summed E-state index contributed by atoms with van der Waals surface area (Å²) in [5.74, 6) is 0.119. The van der Waals surface area contributed by atoms with Crippen LogP contribution in [0.25, 0.3) is 28.2 Å². The lowest BCUT2D eigenvalue weighted by atomic mass is 10.0. The number of azo groups is 1. The van der Waals surface area contributed by atoms with Gasteiger partial charge in [0.25, 0.3) is 11.4 Å². The summed E-state index contributed by atoms with van der Waals surface area (Å²) in [5.41, 5.74) is 3.37. The van der Waals surface area contributed by atoms with Crippen LogP contribution in [0, 0.1) is 19.1 Å². The van der Waals surface area contributed by atoms with Gasteiger partial charge in [0.15, 0.2) is 5.75 Å². The number of benzene rings is 3. The summed E-state index contributed by atoms with van der Waals surface area (Å²) in [7, 11) is 0. The van der Waals surface area contributed by atoms with Crippen molar-refractivity contribution >= 4 is 11.4 Å². The highest BCUT2D eigenvalue weighted by atomic mass is 16.5. The van der Waals surface area contributed by atoms with E-state index in [1.165, 1.54) is 10.7 Å². The lowest BCUT2D eigenvalue weighted by molar-refractivity contribution is -0.436. The summed E-state index contributed by atoms with van der Waals surface area (Å²) in [5, 5.41) is 45.2. The average Bonchev–Trinajstić information content (AvgIpc) is 3.55. The maximum absolute atomic E-state index is 13.4. The number of phenols is 1. The summed E-state index contributed by atoms with van der Waals surface area (Å²) in [4.78, 5) is 13.6. The molecule has 0 aliphatic heterocycles. The lowest BCUT2D eigenvalue weighted by Crippen LogP contribution is -2.14. The highest BCUT2D eigenvalue weighted by Crippen LogP contribution is 2.38. The fourth-order valence-electron chi connectivity index (χ4n) is 4.03. The molecule has 198 valence electrons. The molecule has 0 fully saturated rings. The van der Waals surface area contributed by atoms with Crippen molar-refractivity contribution in [2.75, 3.05) is 0 Å². The van der Waals surface area contributed by atoms with E-state index in [9.17, 15) is 15.1 Å². The number of nitrogens with zero attached hydrogens (tertiary/aromatic N) is 6. The molecule has 0 aliphatic rings. The fraction of sp³-hybridized carbons (Fsp3) is 0.185. The van der Waals surface area contributed by atoms with E-state index in [0.717, 1.165) is 11.1 Å². The number of phenolic OH excluding ortho intramolecular Hbond substituents is 1. The number of hydrogen-bond acceptors (Lipinski definition) is 8. The molecule has 3 aromatic carbocycles. The SMILES string of the molecule is Cc1ccc(-n2[nH]c(OC(C)C)c(N=[N+]([O-])c3cccc(-c4cccc(-c5nn[nH]n5)c4)c3O)c2=O)cc1C. The Kier molecular flexibility index (Phi) is 6.67. The van der Waals surface area contributed by atoms with Crippen LogP contribution in [0.5, 0.6) is 11.6 Å². The highest BCUT2D eigenvalue weighted by molar-refractivity contribution is 5.77. The van der Waals surface area contributed by atoms with Crippen molar-refractivity contribution in [1.82, 2.24) is 30.4 Å². The minimum Gasteiger partial charge on any atom is -0.594 e. The third kappa shape index (κ3) is 4.99. The first kappa shape index (κ1) is 25.4. The van der Waals surface area contributed by atoms with Gasteiger partial charge in [-0.05, 0) is 72.7 Å². The summed E-state index contributed by atoms with van der Waals surface area (Å²) >= 11 is 0. The number of aromatic amines is 2. The van der Waals surface area contributed by atoms with Crippen LogP contribution >= 0.6 is 0 Å². The lowest BCUT2D eigenvalue weighted by Gasteiger charge is -2.09. The summed E-state index contributed by atoms with van der Waals surface area (Å²) in [6.45, 7) is 7.50. The number of aromatic nitrogens is 6. The van der Waals surface area contributed by atoms with Crippen molar-refractivity contribution in [1.29, 1.82) is 0 Å². The van der Waals surface area contributed by atoms with Gasteiger partial charge in [0, 0.05) is 22.3 Å². The van der Waals surface area contributed by atoms with Crippen molar-refractivity contribution in [3.63, 3.8) is 0 Å². The molecule has 0 spiro atoms. The number of hydrogen-bond donors (Lipinski definition) is 3. The van der Waals surface area contributed by atoms with Crippen LogP contribution in [0.1, 0.15) is 25.0 Å². The molecular formula is C27H26N8O4. The van der Waals surface area contributed by atoms with Gasteiger partial charge in [-0.2, -0.15) is 5.21 Å². The molecule has 39 heavy (non-hydrogen) atoms. The van der Waals surface area contributed by atoms with Gasteiger partial charge < -0.3 is 15.1 Å². The Morgan fingerprint density at radius 2 is 1.82 bits per heavy atom. The molecular weight excluding hydrogens is 500 g/mol. The van der Waals surface area contributed by atoms with Gasteiger partial charge in [-0.15, -0.1) is 10.2 Å². The van der Waals surface area contributed by atoms with Crippen molar-refractivity contribution in [2.45, 2.75) is 33.8 Å². The molecule has 0 aliphatic carbocycles. The molecule has 0 radical (unpaired) electrons. The zero-order chi connectivity index (χ0) is 27.7. The molecule has 5 aromatic rings. The Balaban J connectivity index is 1.58. The maximum Gasteiger partial charge on any atom is 0.307 e. The summed E-state index contributed by atoms with van der Waals surface area (Å²) in [6.07, 6.45) is -0.298. The van der Waals surface area contributed by atoms with Gasteiger partial charge in [0.05, 0.1) is 11.8 Å². The second kappa shape index (κ2) is 10.2. The third-order valence-electron chi connectivity index (χ3n) is 6.13. The van der Waals surface area contributed by atoms with Crippen LogP contribution in [0.2, 0.25) is 0 Å². The Bertz CT molecular complexity index is 1740. The number of nitrogens with one attached hydrogen (secondary N) is 2. The smallest absolute Gasteiger partial charge is 0.307 e. The minimum absolute atomic E-state index is 0.0394. The zero-order valence-corrected chi connectivity index (χ0v) is 21.7. The monoisotopic (exact) mass is 526 g/mol. The Hall–Kier alpha value is -5.26. The fourth-order valence-corrected chi connectivity index (χ4v) is 4.03. The molecule has 2 aromatic heterocycles. The largest absolute Gasteiger partial charge is 0.594 e. The van der Waals surface area contributed by atoms with Crippen LogP contribution in [0.15, 0.2) is 70.6 Å². The third-order valence-corrected chi connectivity index (χ3v) is 6.13. The van der Waals surface area contributed by atoms with Gasteiger partial charge in [0.2, 0.25) is 11.7 Å².